The third kappa shape index (κ3) is 3.20. The number of nitrogens with two attached hydrogens (primary N) is 1. The topological polar surface area (TPSA) is 80.4 Å². The number of amides is 2. The first kappa shape index (κ1) is 15.4. The molecule has 1 aliphatic heterocycles. The number of anilines is 1. The third-order valence-electron chi connectivity index (χ3n) is 3.91. The standard InChI is InChI=1S/C15H24N4O2/c1-3-7-18-10-11(16)9-13(18)15(21)19-8-5-4-6-12(19)14(20)17-2/h9-10,12H,3-8,16H2,1-2H3,(H,17,20). The first-order valence-electron chi connectivity index (χ1n) is 7.56. The van der Waals surface area contributed by atoms with Gasteiger partial charge in [-0.1, -0.05) is 6.92 Å². The highest BCUT2D eigenvalue weighted by molar-refractivity contribution is 5.97. The van der Waals surface area contributed by atoms with Gasteiger partial charge in [-0.25, -0.2) is 0 Å². The summed E-state index contributed by atoms with van der Waals surface area (Å²) in [5.41, 5.74) is 6.98. The molecule has 1 saturated heterocycles. The SMILES string of the molecule is CCCn1cc(N)cc1C(=O)N1CCCCC1C(=O)NC. The molecule has 2 heterocycles. The number of hydrogen-bond donors (Lipinski definition) is 2. The molecule has 3 N–H and O–H groups in total. The van der Waals surface area contributed by atoms with Gasteiger partial charge in [-0.15, -0.1) is 0 Å². The fourth-order valence-corrected chi connectivity index (χ4v) is 2.90. The van der Waals surface area contributed by atoms with E-state index in [1.807, 2.05) is 4.57 Å². The molecule has 1 unspecified atom stereocenters. The molecule has 1 aromatic rings. The quantitative estimate of drug-likeness (QED) is 0.875. The molecule has 0 radical (unpaired) electrons. The maximum atomic E-state index is 12.8. The first-order chi connectivity index (χ1) is 10.1. The highest BCUT2D eigenvalue weighted by atomic mass is 16.2. The maximum absolute atomic E-state index is 12.8. The van der Waals surface area contributed by atoms with Crippen molar-refractivity contribution in [2.45, 2.75) is 45.2 Å². The summed E-state index contributed by atoms with van der Waals surface area (Å²) in [6, 6.07) is 1.33. The Morgan fingerprint density at radius 2 is 2.19 bits per heavy atom. The van der Waals surface area contributed by atoms with Crippen molar-refractivity contribution in [2.75, 3.05) is 19.3 Å². The van der Waals surface area contributed by atoms with E-state index < -0.39 is 0 Å². The second kappa shape index (κ2) is 6.65. The number of nitrogens with one attached hydrogen (secondary N) is 1. The summed E-state index contributed by atoms with van der Waals surface area (Å²) in [4.78, 5) is 26.5. The minimum absolute atomic E-state index is 0.0929. The van der Waals surface area contributed by atoms with Crippen LogP contribution in [0, 0.1) is 0 Å². The summed E-state index contributed by atoms with van der Waals surface area (Å²) >= 11 is 0. The number of aromatic nitrogens is 1. The van der Waals surface area contributed by atoms with E-state index in [2.05, 4.69) is 12.2 Å². The van der Waals surface area contributed by atoms with Gasteiger partial charge in [0.25, 0.3) is 5.91 Å². The molecule has 2 rings (SSSR count). The zero-order chi connectivity index (χ0) is 15.4. The third-order valence-corrected chi connectivity index (χ3v) is 3.91. The normalized spacial score (nSPS) is 18.6. The van der Waals surface area contributed by atoms with Crippen LogP contribution in [0.3, 0.4) is 0 Å². The Hall–Kier alpha value is -1.98. The molecule has 116 valence electrons. The van der Waals surface area contributed by atoms with E-state index in [0.29, 0.717) is 17.9 Å². The van der Waals surface area contributed by atoms with Gasteiger partial charge in [-0.2, -0.15) is 0 Å². The predicted octanol–water partition coefficient (Wildman–Crippen LogP) is 1.22. The minimum atomic E-state index is -0.373. The lowest BCUT2D eigenvalue weighted by Gasteiger charge is -2.34. The number of nitrogens with zero attached hydrogens (tertiary/aromatic N) is 2. The van der Waals surface area contributed by atoms with Crippen molar-refractivity contribution in [2.24, 2.45) is 0 Å². The van der Waals surface area contributed by atoms with Crippen LogP contribution < -0.4 is 11.1 Å². The van der Waals surface area contributed by atoms with Crippen LogP contribution in [0.4, 0.5) is 5.69 Å². The molecular weight excluding hydrogens is 268 g/mol. The van der Waals surface area contributed by atoms with Crippen LogP contribution in [0.25, 0.3) is 0 Å². The zero-order valence-electron chi connectivity index (χ0n) is 12.8. The lowest BCUT2D eigenvalue weighted by atomic mass is 10.0. The number of likely N-dealkylation sites (tertiary alicyclic amines) is 1. The highest BCUT2D eigenvalue weighted by Gasteiger charge is 2.33. The van der Waals surface area contributed by atoms with Gasteiger partial charge in [-0.05, 0) is 31.7 Å². The first-order valence-corrected chi connectivity index (χ1v) is 7.56. The molecule has 1 atom stereocenters. The van der Waals surface area contributed by atoms with E-state index >= 15 is 0 Å². The second-order valence-electron chi connectivity index (χ2n) is 5.48. The van der Waals surface area contributed by atoms with Crippen LogP contribution in [0.2, 0.25) is 0 Å². The maximum Gasteiger partial charge on any atom is 0.271 e. The zero-order valence-corrected chi connectivity index (χ0v) is 12.8. The van der Waals surface area contributed by atoms with Crippen LogP contribution in [-0.4, -0.2) is 40.9 Å². The van der Waals surface area contributed by atoms with Crippen LogP contribution in [0.1, 0.15) is 43.1 Å². The Bertz CT molecular complexity index is 524. The molecule has 1 fully saturated rings. The van der Waals surface area contributed by atoms with Crippen molar-refractivity contribution in [1.82, 2.24) is 14.8 Å². The van der Waals surface area contributed by atoms with E-state index in [4.69, 9.17) is 5.73 Å². The molecule has 0 aliphatic carbocycles. The van der Waals surface area contributed by atoms with E-state index in [-0.39, 0.29) is 17.9 Å². The number of nitrogen functional groups attached to an aromatic ring is 1. The van der Waals surface area contributed by atoms with Crippen molar-refractivity contribution < 1.29 is 9.59 Å². The van der Waals surface area contributed by atoms with Gasteiger partial charge in [0.05, 0.1) is 5.69 Å². The van der Waals surface area contributed by atoms with Gasteiger partial charge < -0.3 is 20.5 Å². The van der Waals surface area contributed by atoms with E-state index in [9.17, 15) is 9.59 Å². The Kier molecular flexibility index (Phi) is 4.88. The summed E-state index contributed by atoms with van der Waals surface area (Å²) in [6.07, 6.45) is 5.33. The second-order valence-corrected chi connectivity index (χ2v) is 5.48. The van der Waals surface area contributed by atoms with Gasteiger partial charge >= 0.3 is 0 Å². The van der Waals surface area contributed by atoms with Crippen molar-refractivity contribution in [3.05, 3.63) is 18.0 Å². The number of aryl methyl sites for hydroxylation is 1. The van der Waals surface area contributed by atoms with Gasteiger partial charge in [0.1, 0.15) is 11.7 Å². The minimum Gasteiger partial charge on any atom is -0.397 e. The average molecular weight is 292 g/mol. The summed E-state index contributed by atoms with van der Waals surface area (Å²) in [5.74, 6) is -0.196. The van der Waals surface area contributed by atoms with Gasteiger partial charge in [0.2, 0.25) is 5.91 Å². The Morgan fingerprint density at radius 3 is 2.86 bits per heavy atom. The van der Waals surface area contributed by atoms with Crippen molar-refractivity contribution in [3.63, 3.8) is 0 Å². The molecule has 1 aliphatic rings. The fourth-order valence-electron chi connectivity index (χ4n) is 2.90. The molecular formula is C15H24N4O2. The molecule has 1 aromatic heterocycles. The Morgan fingerprint density at radius 1 is 1.43 bits per heavy atom. The van der Waals surface area contributed by atoms with Gasteiger partial charge in [0, 0.05) is 26.3 Å². The number of carbonyl (C=O) groups excluding carboxylic acids is 2. The monoisotopic (exact) mass is 292 g/mol. The number of hydrogen-bond acceptors (Lipinski definition) is 3. The van der Waals surface area contributed by atoms with Crippen LogP contribution >= 0.6 is 0 Å². The Labute approximate surface area is 125 Å². The molecule has 0 spiro atoms. The summed E-state index contributed by atoms with van der Waals surface area (Å²) in [6.45, 7) is 3.42. The van der Waals surface area contributed by atoms with Crippen LogP contribution in [-0.2, 0) is 11.3 Å². The molecule has 6 nitrogen and oxygen atoms in total. The number of rotatable bonds is 4. The molecule has 21 heavy (non-hydrogen) atoms. The fraction of sp³-hybridized carbons (Fsp3) is 0.600. The summed E-state index contributed by atoms with van der Waals surface area (Å²) in [7, 11) is 1.61. The van der Waals surface area contributed by atoms with Gasteiger partial charge in [-0.3, -0.25) is 9.59 Å². The largest absolute Gasteiger partial charge is 0.397 e. The van der Waals surface area contributed by atoms with Crippen LogP contribution in [0.5, 0.6) is 0 Å². The van der Waals surface area contributed by atoms with Crippen molar-refractivity contribution in [1.29, 1.82) is 0 Å². The van der Waals surface area contributed by atoms with Crippen LogP contribution in [0.15, 0.2) is 12.3 Å². The van der Waals surface area contributed by atoms with E-state index in [0.717, 1.165) is 32.2 Å². The van der Waals surface area contributed by atoms with E-state index in [1.165, 1.54) is 0 Å². The van der Waals surface area contributed by atoms with Crippen molar-refractivity contribution in [3.8, 4) is 0 Å². The lowest BCUT2D eigenvalue weighted by molar-refractivity contribution is -0.126. The van der Waals surface area contributed by atoms with Gasteiger partial charge in [0.15, 0.2) is 0 Å². The predicted molar refractivity (Wildman–Crippen MR) is 81.9 cm³/mol. The number of carbonyl (C=O) groups is 2. The lowest BCUT2D eigenvalue weighted by Crippen LogP contribution is -2.51. The van der Waals surface area contributed by atoms with Crippen molar-refractivity contribution >= 4 is 17.5 Å². The molecule has 0 aromatic carbocycles. The molecule has 2 amide bonds. The molecule has 0 bridgehead atoms. The molecule has 0 saturated carbocycles. The number of piperidine rings is 1. The number of likely N-dealkylation sites (N-methyl/N-ethyl adjacent to an activating group) is 1. The smallest absolute Gasteiger partial charge is 0.271 e. The summed E-state index contributed by atoms with van der Waals surface area (Å²) in [5, 5.41) is 2.65. The average Bonchev–Trinajstić information content (AvgIpc) is 2.87. The summed E-state index contributed by atoms with van der Waals surface area (Å²) < 4.78 is 1.88. The van der Waals surface area contributed by atoms with E-state index in [1.54, 1.807) is 24.2 Å². The highest BCUT2D eigenvalue weighted by Crippen LogP contribution is 2.22. The molecule has 6 heteroatoms. The Balaban J connectivity index is 2.26.